The van der Waals surface area contributed by atoms with Crippen LogP contribution in [-0.2, 0) is 20.5 Å². The minimum absolute atomic E-state index is 0.0717. The Bertz CT molecular complexity index is 1270. The van der Waals surface area contributed by atoms with Crippen molar-refractivity contribution in [2.75, 3.05) is 13.2 Å². The maximum absolute atomic E-state index is 13.0. The van der Waals surface area contributed by atoms with E-state index in [0.29, 0.717) is 0 Å². The molecule has 190 valence electrons. The van der Waals surface area contributed by atoms with E-state index in [0.717, 1.165) is 12.1 Å². The third kappa shape index (κ3) is 5.82. The molecule has 9 nitrogen and oxygen atoms in total. The standard InChI is InChI=1S/C24H21F3N2O7/c1-13-19(22(30)31)21(15-5-3-7-17(11-15)29(33)34)20(14(2)28-13)23(32)36-10-9-35-18-8-4-6-16(12-18)24(25,26)27/h3-8,11-12,21,28H,9-10H2,1-2H3,(H,30,31). The maximum atomic E-state index is 13.0. The van der Waals surface area contributed by atoms with Crippen LogP contribution < -0.4 is 10.1 Å². The second-order valence-electron chi connectivity index (χ2n) is 7.80. The van der Waals surface area contributed by atoms with Gasteiger partial charge in [0.25, 0.3) is 5.69 Å². The number of ether oxygens (including phenoxy) is 2. The quantitative estimate of drug-likeness (QED) is 0.231. The Labute approximate surface area is 203 Å². The summed E-state index contributed by atoms with van der Waals surface area (Å²) in [5.41, 5.74) is -0.693. The molecular weight excluding hydrogens is 485 g/mol. The molecule has 1 heterocycles. The molecule has 0 aromatic heterocycles. The molecule has 0 saturated heterocycles. The Morgan fingerprint density at radius 2 is 1.72 bits per heavy atom. The number of nitro groups is 1. The van der Waals surface area contributed by atoms with Gasteiger partial charge in [-0.15, -0.1) is 0 Å². The number of carboxylic acid groups (broad SMARTS) is 1. The van der Waals surface area contributed by atoms with Crippen LogP contribution in [0.3, 0.4) is 0 Å². The van der Waals surface area contributed by atoms with Gasteiger partial charge in [0.1, 0.15) is 19.0 Å². The van der Waals surface area contributed by atoms with Gasteiger partial charge in [-0.25, -0.2) is 9.59 Å². The van der Waals surface area contributed by atoms with Crippen LogP contribution in [0.1, 0.15) is 30.9 Å². The first kappa shape index (κ1) is 26.3. The van der Waals surface area contributed by atoms with E-state index in [4.69, 9.17) is 9.47 Å². The van der Waals surface area contributed by atoms with Crippen molar-refractivity contribution in [1.29, 1.82) is 0 Å². The number of hydrogen-bond donors (Lipinski definition) is 2. The Morgan fingerprint density at radius 1 is 1.06 bits per heavy atom. The normalized spacial score (nSPS) is 15.9. The number of carbonyl (C=O) groups is 2. The molecule has 0 saturated carbocycles. The number of carboxylic acids is 1. The van der Waals surface area contributed by atoms with Crippen molar-refractivity contribution >= 4 is 17.6 Å². The fraction of sp³-hybridized carbons (Fsp3) is 0.250. The number of nitrogens with zero attached hydrogens (tertiary/aromatic N) is 1. The molecule has 0 radical (unpaired) electrons. The number of hydrogen-bond acceptors (Lipinski definition) is 7. The number of nitro benzene ring substituents is 1. The van der Waals surface area contributed by atoms with Crippen molar-refractivity contribution in [2.45, 2.75) is 25.9 Å². The zero-order valence-electron chi connectivity index (χ0n) is 19.1. The molecule has 1 aliphatic rings. The highest BCUT2D eigenvalue weighted by Gasteiger charge is 2.38. The van der Waals surface area contributed by atoms with Gasteiger partial charge in [-0.05, 0) is 37.6 Å². The summed E-state index contributed by atoms with van der Waals surface area (Å²) in [5.74, 6) is -3.48. The summed E-state index contributed by atoms with van der Waals surface area (Å²) in [6.07, 6.45) is -4.54. The van der Waals surface area contributed by atoms with E-state index in [-0.39, 0.29) is 52.8 Å². The highest BCUT2D eigenvalue weighted by Crippen LogP contribution is 2.39. The van der Waals surface area contributed by atoms with Crippen molar-refractivity contribution in [3.8, 4) is 5.75 Å². The van der Waals surface area contributed by atoms with E-state index in [1.165, 1.54) is 50.2 Å². The zero-order valence-corrected chi connectivity index (χ0v) is 19.1. The lowest BCUT2D eigenvalue weighted by Crippen LogP contribution is -2.32. The van der Waals surface area contributed by atoms with Gasteiger partial charge < -0.3 is 19.9 Å². The Hall–Kier alpha value is -4.35. The first-order chi connectivity index (χ1) is 16.9. The Balaban J connectivity index is 1.80. The first-order valence-electron chi connectivity index (χ1n) is 10.5. The summed E-state index contributed by atoms with van der Waals surface area (Å²) in [4.78, 5) is 35.7. The fourth-order valence-electron chi connectivity index (χ4n) is 3.83. The van der Waals surface area contributed by atoms with E-state index in [1.54, 1.807) is 0 Å². The van der Waals surface area contributed by atoms with Gasteiger partial charge in [0.2, 0.25) is 0 Å². The molecule has 0 bridgehead atoms. The van der Waals surface area contributed by atoms with Crippen LogP contribution in [0.15, 0.2) is 71.1 Å². The molecule has 1 unspecified atom stereocenters. The second kappa shape index (κ2) is 10.5. The summed E-state index contributed by atoms with van der Waals surface area (Å²) in [5, 5.41) is 23.9. The van der Waals surface area contributed by atoms with Crippen LogP contribution in [0, 0.1) is 10.1 Å². The number of esters is 1. The maximum Gasteiger partial charge on any atom is 0.416 e. The molecule has 2 aromatic carbocycles. The largest absolute Gasteiger partial charge is 0.490 e. The van der Waals surface area contributed by atoms with Gasteiger partial charge in [-0.2, -0.15) is 13.2 Å². The SMILES string of the molecule is CC1=C(C(=O)O)C(c2cccc([N+](=O)[O-])c2)C(C(=O)OCCOc2cccc(C(F)(F)F)c2)=C(C)N1. The van der Waals surface area contributed by atoms with Crippen LogP contribution in [-0.4, -0.2) is 35.2 Å². The smallest absolute Gasteiger partial charge is 0.416 e. The van der Waals surface area contributed by atoms with Gasteiger partial charge in [-0.1, -0.05) is 18.2 Å². The number of benzene rings is 2. The van der Waals surface area contributed by atoms with Crippen molar-refractivity contribution < 1.29 is 42.3 Å². The molecule has 0 fully saturated rings. The van der Waals surface area contributed by atoms with E-state index in [9.17, 15) is 38.0 Å². The van der Waals surface area contributed by atoms with Gasteiger partial charge in [0.05, 0.1) is 27.6 Å². The predicted octanol–water partition coefficient (Wildman–Crippen LogP) is 4.56. The van der Waals surface area contributed by atoms with Crippen molar-refractivity contribution in [3.63, 3.8) is 0 Å². The molecule has 1 atom stereocenters. The van der Waals surface area contributed by atoms with Crippen LogP contribution in [0.4, 0.5) is 18.9 Å². The molecule has 2 aromatic rings. The number of dihydropyridines is 1. The molecular formula is C24H21F3N2O7. The van der Waals surface area contributed by atoms with E-state index in [1.807, 2.05) is 0 Å². The molecule has 1 aliphatic heterocycles. The zero-order chi connectivity index (χ0) is 26.6. The summed E-state index contributed by atoms with van der Waals surface area (Å²) >= 11 is 0. The highest BCUT2D eigenvalue weighted by atomic mass is 19.4. The number of aliphatic carboxylic acids is 1. The third-order valence-corrected chi connectivity index (χ3v) is 5.37. The van der Waals surface area contributed by atoms with Crippen molar-refractivity contribution in [2.24, 2.45) is 0 Å². The molecule has 0 amide bonds. The minimum Gasteiger partial charge on any atom is -0.490 e. The topological polar surface area (TPSA) is 128 Å². The van der Waals surface area contributed by atoms with Gasteiger partial charge in [0, 0.05) is 23.5 Å². The van der Waals surface area contributed by atoms with Gasteiger partial charge >= 0.3 is 18.1 Å². The fourth-order valence-corrected chi connectivity index (χ4v) is 3.83. The number of halogens is 3. The molecule has 2 N–H and O–H groups in total. The molecule has 36 heavy (non-hydrogen) atoms. The number of alkyl halides is 3. The van der Waals surface area contributed by atoms with Crippen molar-refractivity contribution in [1.82, 2.24) is 5.32 Å². The first-order valence-corrected chi connectivity index (χ1v) is 10.5. The molecule has 12 heteroatoms. The predicted molar refractivity (Wildman–Crippen MR) is 120 cm³/mol. The number of allylic oxidation sites excluding steroid dienone is 2. The summed E-state index contributed by atoms with van der Waals surface area (Å²) in [7, 11) is 0. The third-order valence-electron chi connectivity index (χ3n) is 5.37. The Morgan fingerprint density at radius 3 is 2.36 bits per heavy atom. The van der Waals surface area contributed by atoms with Crippen LogP contribution in [0.2, 0.25) is 0 Å². The number of rotatable bonds is 8. The van der Waals surface area contributed by atoms with Crippen LogP contribution >= 0.6 is 0 Å². The molecule has 0 aliphatic carbocycles. The minimum atomic E-state index is -4.54. The summed E-state index contributed by atoms with van der Waals surface area (Å²) < 4.78 is 49.0. The summed E-state index contributed by atoms with van der Waals surface area (Å²) in [6.45, 7) is 2.41. The molecule has 3 rings (SSSR count). The number of carbonyl (C=O) groups excluding carboxylic acids is 1. The number of nitrogens with one attached hydrogen (secondary N) is 1. The lowest BCUT2D eigenvalue weighted by Gasteiger charge is -2.29. The average Bonchev–Trinajstić information content (AvgIpc) is 2.80. The number of non-ortho nitro benzene ring substituents is 1. The average molecular weight is 506 g/mol. The van der Waals surface area contributed by atoms with E-state index >= 15 is 0 Å². The van der Waals surface area contributed by atoms with Crippen LogP contribution in [0.25, 0.3) is 0 Å². The van der Waals surface area contributed by atoms with Gasteiger partial charge in [0.15, 0.2) is 0 Å². The second-order valence-corrected chi connectivity index (χ2v) is 7.80. The monoisotopic (exact) mass is 506 g/mol. The highest BCUT2D eigenvalue weighted by molar-refractivity contribution is 5.99. The van der Waals surface area contributed by atoms with Gasteiger partial charge in [-0.3, -0.25) is 10.1 Å². The van der Waals surface area contributed by atoms with E-state index in [2.05, 4.69) is 5.32 Å². The summed E-state index contributed by atoms with van der Waals surface area (Å²) in [6, 6.07) is 9.47. The van der Waals surface area contributed by atoms with Crippen molar-refractivity contribution in [3.05, 3.63) is 92.3 Å². The molecule has 0 spiro atoms. The lowest BCUT2D eigenvalue weighted by atomic mass is 9.80. The van der Waals surface area contributed by atoms with Crippen LogP contribution in [0.5, 0.6) is 5.75 Å². The van der Waals surface area contributed by atoms with E-state index < -0.39 is 34.5 Å². The lowest BCUT2D eigenvalue weighted by molar-refractivity contribution is -0.384. The Kier molecular flexibility index (Phi) is 7.66.